The summed E-state index contributed by atoms with van der Waals surface area (Å²) in [5.41, 5.74) is 0. The third-order valence-electron chi connectivity index (χ3n) is 2.58. The highest BCUT2D eigenvalue weighted by Gasteiger charge is 2.33. The summed E-state index contributed by atoms with van der Waals surface area (Å²) in [6, 6.07) is 0.876. The van der Waals surface area contributed by atoms with Crippen LogP contribution >= 0.6 is 12.4 Å². The number of piperidine rings is 1. The Morgan fingerprint density at radius 1 is 1.50 bits per heavy atom. The van der Waals surface area contributed by atoms with Crippen LogP contribution in [0.3, 0.4) is 0 Å². The maximum Gasteiger partial charge on any atom is 0.0132 e. The Morgan fingerprint density at radius 3 is 2.70 bits per heavy atom. The summed E-state index contributed by atoms with van der Waals surface area (Å²) in [6.07, 6.45) is 1.36. The maximum absolute atomic E-state index is 3.44. The van der Waals surface area contributed by atoms with Gasteiger partial charge in [0.1, 0.15) is 0 Å². The minimum absolute atomic E-state index is 0. The number of hydrogen-bond acceptors (Lipinski definition) is 2. The molecule has 60 valence electrons. The molecule has 0 saturated carbocycles. The molecule has 10 heavy (non-hydrogen) atoms. The van der Waals surface area contributed by atoms with Crippen molar-refractivity contribution in [1.82, 2.24) is 10.2 Å². The lowest BCUT2D eigenvalue weighted by molar-refractivity contribution is 0.101. The molecule has 2 heterocycles. The van der Waals surface area contributed by atoms with Gasteiger partial charge >= 0.3 is 0 Å². The van der Waals surface area contributed by atoms with Crippen molar-refractivity contribution in [1.29, 1.82) is 0 Å². The van der Waals surface area contributed by atoms with Gasteiger partial charge in [-0.25, -0.2) is 0 Å². The van der Waals surface area contributed by atoms with Gasteiger partial charge in [0.05, 0.1) is 0 Å². The Balaban J connectivity index is 0.000000500. The van der Waals surface area contributed by atoms with E-state index in [1.165, 1.54) is 26.1 Å². The maximum atomic E-state index is 3.44. The smallest absolute Gasteiger partial charge is 0.0132 e. The van der Waals surface area contributed by atoms with Gasteiger partial charge in [-0.2, -0.15) is 0 Å². The van der Waals surface area contributed by atoms with Crippen LogP contribution in [0, 0.1) is 5.92 Å². The first kappa shape index (κ1) is 8.31. The predicted octanol–water partition coefficient (Wildman–Crippen LogP) is 0.332. The van der Waals surface area contributed by atoms with E-state index >= 15 is 0 Å². The molecular formula is C7H15ClN2. The van der Waals surface area contributed by atoms with Gasteiger partial charge in [0.2, 0.25) is 0 Å². The zero-order valence-corrected chi connectivity index (χ0v) is 7.16. The van der Waals surface area contributed by atoms with Crippen molar-refractivity contribution in [2.24, 2.45) is 5.92 Å². The highest BCUT2D eigenvalue weighted by atomic mass is 35.5. The number of hydrogen-bond donors (Lipinski definition) is 1. The van der Waals surface area contributed by atoms with Crippen LogP contribution in [0.2, 0.25) is 0 Å². The monoisotopic (exact) mass is 162 g/mol. The third-order valence-corrected chi connectivity index (χ3v) is 2.58. The highest BCUT2D eigenvalue weighted by Crippen LogP contribution is 2.21. The van der Waals surface area contributed by atoms with E-state index in [-0.39, 0.29) is 12.4 Å². The molecule has 1 N–H and O–H groups in total. The number of halogens is 1. The molecule has 2 saturated heterocycles. The van der Waals surface area contributed by atoms with Crippen LogP contribution in [0.25, 0.3) is 0 Å². The number of nitrogens with one attached hydrogen (secondary N) is 1. The van der Waals surface area contributed by atoms with Crippen molar-refractivity contribution in [3.63, 3.8) is 0 Å². The molecule has 2 rings (SSSR count). The Morgan fingerprint density at radius 2 is 2.30 bits per heavy atom. The van der Waals surface area contributed by atoms with Crippen molar-refractivity contribution in [2.45, 2.75) is 12.5 Å². The minimum Gasteiger partial charge on any atom is -0.313 e. The van der Waals surface area contributed by atoms with E-state index in [2.05, 4.69) is 17.3 Å². The molecule has 0 aromatic rings. The van der Waals surface area contributed by atoms with Crippen molar-refractivity contribution in [2.75, 3.05) is 26.7 Å². The van der Waals surface area contributed by atoms with Crippen molar-refractivity contribution in [3.05, 3.63) is 0 Å². The van der Waals surface area contributed by atoms with Gasteiger partial charge in [0.25, 0.3) is 0 Å². The second-order valence-corrected chi connectivity index (χ2v) is 3.33. The van der Waals surface area contributed by atoms with Crippen LogP contribution in [-0.4, -0.2) is 37.6 Å². The van der Waals surface area contributed by atoms with E-state index in [0.29, 0.717) is 0 Å². The Kier molecular flexibility index (Phi) is 2.55. The SMILES string of the molecule is CN1CCC2NCC2C1.Cl. The molecule has 0 bridgehead atoms. The fourth-order valence-electron chi connectivity index (χ4n) is 1.83. The molecule has 2 nitrogen and oxygen atoms in total. The lowest BCUT2D eigenvalue weighted by atomic mass is 9.86. The summed E-state index contributed by atoms with van der Waals surface area (Å²) in [4.78, 5) is 2.43. The Hall–Kier alpha value is 0.210. The van der Waals surface area contributed by atoms with Crippen LogP contribution in [0.1, 0.15) is 6.42 Å². The van der Waals surface area contributed by atoms with E-state index < -0.39 is 0 Å². The molecule has 0 aromatic carbocycles. The molecular weight excluding hydrogens is 148 g/mol. The van der Waals surface area contributed by atoms with Gasteiger partial charge in [0, 0.05) is 19.1 Å². The van der Waals surface area contributed by atoms with Gasteiger partial charge in [-0.05, 0) is 25.9 Å². The standard InChI is InChI=1S/C7H14N2.ClH/c1-9-3-2-7-6(5-9)4-8-7;/h6-8H,2-5H2,1H3;1H. The highest BCUT2D eigenvalue weighted by molar-refractivity contribution is 5.85. The quantitative estimate of drug-likeness (QED) is 0.553. The van der Waals surface area contributed by atoms with E-state index in [0.717, 1.165) is 12.0 Å². The van der Waals surface area contributed by atoms with Crippen molar-refractivity contribution in [3.8, 4) is 0 Å². The van der Waals surface area contributed by atoms with Gasteiger partial charge in [-0.3, -0.25) is 0 Å². The zero-order valence-electron chi connectivity index (χ0n) is 6.34. The predicted molar refractivity (Wildman–Crippen MR) is 44.6 cm³/mol. The van der Waals surface area contributed by atoms with Crippen LogP contribution in [-0.2, 0) is 0 Å². The average molecular weight is 163 g/mol. The molecule has 2 aliphatic heterocycles. The number of nitrogens with zero attached hydrogens (tertiary/aromatic N) is 1. The van der Waals surface area contributed by atoms with Crippen molar-refractivity contribution >= 4 is 12.4 Å². The molecule has 3 heteroatoms. The normalized spacial score (nSPS) is 39.3. The Labute approximate surface area is 68.4 Å². The summed E-state index contributed by atoms with van der Waals surface area (Å²) in [5.74, 6) is 0.976. The van der Waals surface area contributed by atoms with Crippen LogP contribution in [0.15, 0.2) is 0 Å². The van der Waals surface area contributed by atoms with E-state index in [9.17, 15) is 0 Å². The molecule has 0 aliphatic carbocycles. The first-order chi connectivity index (χ1) is 4.36. The summed E-state index contributed by atoms with van der Waals surface area (Å²) in [5, 5.41) is 3.44. The number of fused-ring (bicyclic) bond motifs is 1. The summed E-state index contributed by atoms with van der Waals surface area (Å²) < 4.78 is 0. The average Bonchev–Trinajstić information content (AvgIpc) is 1.78. The molecule has 0 spiro atoms. The lowest BCUT2D eigenvalue weighted by Gasteiger charge is -2.45. The van der Waals surface area contributed by atoms with Gasteiger partial charge in [0.15, 0.2) is 0 Å². The van der Waals surface area contributed by atoms with Crippen LogP contribution in [0.5, 0.6) is 0 Å². The number of likely N-dealkylation sites (tertiary alicyclic amines) is 1. The Bertz CT molecular complexity index is 118. The van der Waals surface area contributed by atoms with Gasteiger partial charge in [-0.15, -0.1) is 12.4 Å². The third kappa shape index (κ3) is 1.29. The van der Waals surface area contributed by atoms with Crippen LogP contribution in [0.4, 0.5) is 0 Å². The molecule has 0 aromatic heterocycles. The van der Waals surface area contributed by atoms with Gasteiger partial charge in [-0.1, -0.05) is 0 Å². The first-order valence-corrected chi connectivity index (χ1v) is 3.78. The van der Waals surface area contributed by atoms with Crippen LogP contribution < -0.4 is 5.32 Å². The molecule has 0 amide bonds. The van der Waals surface area contributed by atoms with E-state index in [4.69, 9.17) is 0 Å². The van der Waals surface area contributed by atoms with E-state index in [1.54, 1.807) is 0 Å². The van der Waals surface area contributed by atoms with E-state index in [1.807, 2.05) is 0 Å². The first-order valence-electron chi connectivity index (χ1n) is 3.78. The molecule has 2 aliphatic rings. The second-order valence-electron chi connectivity index (χ2n) is 3.33. The summed E-state index contributed by atoms with van der Waals surface area (Å²) >= 11 is 0. The fourth-order valence-corrected chi connectivity index (χ4v) is 1.83. The topological polar surface area (TPSA) is 15.3 Å². The minimum atomic E-state index is 0. The molecule has 0 radical (unpaired) electrons. The zero-order chi connectivity index (χ0) is 6.27. The summed E-state index contributed by atoms with van der Waals surface area (Å²) in [7, 11) is 2.22. The molecule has 2 fully saturated rings. The number of rotatable bonds is 0. The lowest BCUT2D eigenvalue weighted by Crippen LogP contribution is -2.60. The largest absolute Gasteiger partial charge is 0.313 e. The second kappa shape index (κ2) is 3.07. The summed E-state index contributed by atoms with van der Waals surface area (Å²) in [6.45, 7) is 3.86. The molecule has 2 unspecified atom stereocenters. The van der Waals surface area contributed by atoms with Crippen molar-refractivity contribution < 1.29 is 0 Å². The fraction of sp³-hybridized carbons (Fsp3) is 1.00. The molecule has 2 atom stereocenters. The van der Waals surface area contributed by atoms with Gasteiger partial charge < -0.3 is 10.2 Å².